The molecule has 2 aliphatic heterocycles. The number of amides is 1. The van der Waals surface area contributed by atoms with Crippen LogP contribution in [0.2, 0.25) is 0 Å². The summed E-state index contributed by atoms with van der Waals surface area (Å²) in [4.78, 5) is 38.5. The predicted octanol–water partition coefficient (Wildman–Crippen LogP) is 2.30. The van der Waals surface area contributed by atoms with Gasteiger partial charge in [0.1, 0.15) is 5.60 Å². The zero-order valence-electron chi connectivity index (χ0n) is 21.8. The predicted molar refractivity (Wildman–Crippen MR) is 132 cm³/mol. The number of carbonyl (C=O) groups is 3. The molecule has 0 aromatic heterocycles. The molecule has 202 valence electrons. The molecule has 35 heavy (non-hydrogen) atoms. The van der Waals surface area contributed by atoms with E-state index in [1.165, 1.54) is 11.2 Å². The lowest BCUT2D eigenvalue weighted by atomic mass is 9.91. The summed E-state index contributed by atoms with van der Waals surface area (Å²) in [7, 11) is -3.64. The molecule has 0 spiro atoms. The van der Waals surface area contributed by atoms with E-state index >= 15 is 0 Å². The van der Waals surface area contributed by atoms with E-state index in [0.29, 0.717) is 38.3 Å². The van der Waals surface area contributed by atoms with Gasteiger partial charge in [-0.1, -0.05) is 0 Å². The van der Waals surface area contributed by atoms with Gasteiger partial charge >= 0.3 is 12.1 Å². The van der Waals surface area contributed by atoms with Crippen molar-refractivity contribution < 1.29 is 32.3 Å². The molecule has 2 heterocycles. The van der Waals surface area contributed by atoms with E-state index in [4.69, 9.17) is 15.2 Å². The van der Waals surface area contributed by atoms with Crippen LogP contribution in [-0.2, 0) is 29.1 Å². The van der Waals surface area contributed by atoms with Gasteiger partial charge in [-0.15, -0.1) is 0 Å². The molecule has 10 nitrogen and oxygen atoms in total. The molecule has 1 amide bonds. The second kappa shape index (κ2) is 12.5. The molecular weight excluding hydrogens is 474 g/mol. The molecule has 11 heteroatoms. The Kier molecular flexibility index (Phi) is 10.5. The Bertz CT molecular complexity index is 848. The number of hydrogen-bond acceptors (Lipinski definition) is 8. The fourth-order valence-corrected chi connectivity index (χ4v) is 6.59. The topological polar surface area (TPSA) is 136 Å². The molecule has 0 aromatic carbocycles. The van der Waals surface area contributed by atoms with Crippen LogP contribution < -0.4 is 5.73 Å². The summed E-state index contributed by atoms with van der Waals surface area (Å²) in [5.41, 5.74) is 5.42. The molecule has 2 unspecified atom stereocenters. The second-order valence-corrected chi connectivity index (χ2v) is 12.9. The third-order valence-corrected chi connectivity index (χ3v) is 9.12. The minimum Gasteiger partial charge on any atom is -0.466 e. The molecule has 0 saturated carbocycles. The molecule has 2 saturated heterocycles. The van der Waals surface area contributed by atoms with Gasteiger partial charge in [0.05, 0.1) is 30.4 Å². The van der Waals surface area contributed by atoms with Crippen molar-refractivity contribution in [1.82, 2.24) is 9.21 Å². The van der Waals surface area contributed by atoms with E-state index in [0.717, 1.165) is 19.3 Å². The maximum absolute atomic E-state index is 13.2. The SMILES string of the molecule is CCOC(=O)[C@H](C)C(N)C(=O)CN1CCCC(CCC2CCN(C(=O)OC(C)(C)C)CC2)S1(=O)=O. The highest BCUT2D eigenvalue weighted by atomic mass is 32.2. The van der Waals surface area contributed by atoms with Crippen molar-refractivity contribution in [2.45, 2.75) is 90.0 Å². The van der Waals surface area contributed by atoms with Crippen molar-refractivity contribution in [2.24, 2.45) is 17.6 Å². The van der Waals surface area contributed by atoms with Gasteiger partial charge < -0.3 is 20.1 Å². The molecule has 0 aromatic rings. The van der Waals surface area contributed by atoms with E-state index in [2.05, 4.69) is 0 Å². The minimum absolute atomic E-state index is 0.187. The highest BCUT2D eigenvalue weighted by Gasteiger charge is 2.39. The van der Waals surface area contributed by atoms with Crippen molar-refractivity contribution >= 4 is 27.9 Å². The Balaban J connectivity index is 1.86. The number of nitrogens with zero attached hydrogens (tertiary/aromatic N) is 2. The number of carbonyl (C=O) groups excluding carboxylic acids is 3. The maximum atomic E-state index is 13.2. The average Bonchev–Trinajstić information content (AvgIpc) is 2.77. The normalized spacial score (nSPS) is 23.4. The molecule has 2 rings (SSSR count). The Morgan fingerprint density at radius 1 is 1.06 bits per heavy atom. The van der Waals surface area contributed by atoms with Gasteiger partial charge in [0.25, 0.3) is 0 Å². The molecule has 0 radical (unpaired) electrons. The number of rotatable bonds is 9. The number of ether oxygens (including phenoxy) is 2. The summed E-state index contributed by atoms with van der Waals surface area (Å²) in [6.07, 6.45) is 3.85. The lowest BCUT2D eigenvalue weighted by Gasteiger charge is -2.35. The summed E-state index contributed by atoms with van der Waals surface area (Å²) in [6.45, 7) is 10.1. The molecule has 2 N–H and O–H groups in total. The number of ketones is 1. The van der Waals surface area contributed by atoms with Crippen LogP contribution in [0.1, 0.15) is 73.1 Å². The van der Waals surface area contributed by atoms with E-state index in [-0.39, 0.29) is 25.8 Å². The van der Waals surface area contributed by atoms with Gasteiger partial charge in [-0.25, -0.2) is 13.2 Å². The van der Waals surface area contributed by atoms with Crippen molar-refractivity contribution in [2.75, 3.05) is 32.8 Å². The first kappa shape index (κ1) is 29.5. The Hall–Kier alpha value is -1.72. The molecular formula is C24H43N3O7S. The first-order valence-corrected chi connectivity index (χ1v) is 14.2. The van der Waals surface area contributed by atoms with Gasteiger partial charge in [-0.2, -0.15) is 4.31 Å². The van der Waals surface area contributed by atoms with Crippen molar-refractivity contribution in [3.63, 3.8) is 0 Å². The summed E-state index contributed by atoms with van der Waals surface area (Å²) in [6, 6.07) is -1.11. The lowest BCUT2D eigenvalue weighted by Crippen LogP contribution is -2.51. The van der Waals surface area contributed by atoms with Crippen LogP contribution in [-0.4, -0.2) is 85.1 Å². The highest BCUT2D eigenvalue weighted by Crippen LogP contribution is 2.30. The third-order valence-electron chi connectivity index (χ3n) is 6.78. The van der Waals surface area contributed by atoms with Gasteiger partial charge in [0, 0.05) is 19.6 Å². The number of Topliss-reactive ketones (excluding diaryl/α,β-unsaturated/α-hetero) is 1. The summed E-state index contributed by atoms with van der Waals surface area (Å²) < 4.78 is 38.0. The number of likely N-dealkylation sites (tertiary alicyclic amines) is 1. The van der Waals surface area contributed by atoms with Crippen molar-refractivity contribution in [1.29, 1.82) is 0 Å². The third kappa shape index (κ3) is 8.42. The monoisotopic (exact) mass is 517 g/mol. The van der Waals surface area contributed by atoms with Crippen LogP contribution in [0.3, 0.4) is 0 Å². The van der Waals surface area contributed by atoms with E-state index in [9.17, 15) is 22.8 Å². The summed E-state index contributed by atoms with van der Waals surface area (Å²) >= 11 is 0. The largest absolute Gasteiger partial charge is 0.466 e. The van der Waals surface area contributed by atoms with Gasteiger partial charge in [-0.05, 0) is 79.1 Å². The van der Waals surface area contributed by atoms with Crippen LogP contribution in [0.25, 0.3) is 0 Å². The Morgan fingerprint density at radius 3 is 2.26 bits per heavy atom. The van der Waals surface area contributed by atoms with Crippen LogP contribution in [0.15, 0.2) is 0 Å². The fourth-order valence-electron chi connectivity index (χ4n) is 4.58. The minimum atomic E-state index is -3.64. The van der Waals surface area contributed by atoms with Gasteiger partial charge in [0.2, 0.25) is 10.0 Å². The molecule has 3 atom stereocenters. The first-order valence-electron chi connectivity index (χ1n) is 12.7. The van der Waals surface area contributed by atoms with Crippen LogP contribution in [0.5, 0.6) is 0 Å². The lowest BCUT2D eigenvalue weighted by molar-refractivity contribution is -0.149. The quantitative estimate of drug-likeness (QED) is 0.460. The smallest absolute Gasteiger partial charge is 0.410 e. The molecule has 2 fully saturated rings. The fraction of sp³-hybridized carbons (Fsp3) is 0.875. The zero-order valence-corrected chi connectivity index (χ0v) is 22.6. The number of hydrogen-bond donors (Lipinski definition) is 1. The second-order valence-electron chi connectivity index (χ2n) is 10.7. The van der Waals surface area contributed by atoms with E-state index < -0.39 is 44.6 Å². The highest BCUT2D eigenvalue weighted by molar-refractivity contribution is 7.89. The van der Waals surface area contributed by atoms with Gasteiger partial charge in [-0.3, -0.25) is 9.59 Å². The van der Waals surface area contributed by atoms with Gasteiger partial charge in [0.15, 0.2) is 5.78 Å². The Morgan fingerprint density at radius 2 is 1.69 bits per heavy atom. The Labute approximate surface area is 209 Å². The molecule has 2 aliphatic rings. The summed E-state index contributed by atoms with van der Waals surface area (Å²) in [5.74, 6) is -1.54. The standard InChI is InChI=1S/C24H43N3O7S/c1-6-33-22(29)17(2)21(25)20(28)16-27-13-7-8-19(35(27,31)32)10-9-18-11-14-26(15-12-18)23(30)34-24(3,4)5/h17-19,21H,6-16,25H2,1-5H3/t17-,19?,21?/m1/s1. The van der Waals surface area contributed by atoms with E-state index in [1.54, 1.807) is 11.8 Å². The van der Waals surface area contributed by atoms with Crippen LogP contribution >= 0.6 is 0 Å². The molecule has 0 bridgehead atoms. The van der Waals surface area contributed by atoms with Crippen molar-refractivity contribution in [3.8, 4) is 0 Å². The average molecular weight is 518 g/mol. The van der Waals surface area contributed by atoms with Crippen LogP contribution in [0, 0.1) is 11.8 Å². The first-order chi connectivity index (χ1) is 16.3. The number of esters is 1. The molecule has 0 aliphatic carbocycles. The maximum Gasteiger partial charge on any atom is 0.410 e. The zero-order chi connectivity index (χ0) is 26.4. The van der Waals surface area contributed by atoms with Crippen LogP contribution in [0.4, 0.5) is 4.79 Å². The number of piperidine rings is 1. The number of sulfonamides is 1. The number of nitrogens with two attached hydrogens (primary N) is 1. The van der Waals surface area contributed by atoms with Crippen molar-refractivity contribution in [3.05, 3.63) is 0 Å². The summed E-state index contributed by atoms with van der Waals surface area (Å²) in [5, 5.41) is -0.536. The van der Waals surface area contributed by atoms with E-state index in [1.807, 2.05) is 20.8 Å².